The van der Waals surface area contributed by atoms with E-state index in [0.717, 1.165) is 51.1 Å². The predicted molar refractivity (Wildman–Crippen MR) is 102 cm³/mol. The minimum atomic E-state index is -0.199. The maximum absolute atomic E-state index is 13.0. The Morgan fingerprint density at radius 3 is 2.35 bits per heavy atom. The molecule has 0 bridgehead atoms. The number of benzene rings is 2. The molecule has 0 saturated carbocycles. The summed E-state index contributed by atoms with van der Waals surface area (Å²) >= 11 is 0. The molecule has 0 atom stereocenters. The third-order valence-electron chi connectivity index (χ3n) is 5.01. The van der Waals surface area contributed by atoms with Crippen LogP contribution in [0.4, 0.5) is 4.39 Å². The Labute approximate surface area is 155 Å². The average molecular weight is 354 g/mol. The molecule has 0 aromatic heterocycles. The van der Waals surface area contributed by atoms with E-state index in [1.807, 2.05) is 17.0 Å². The standard InChI is InChI=1S/C22H27FN2O/c1-18-3-5-19(6-4-18)9-12-22(26)25-14-2-13-24(15-16-25)17-20-7-10-21(23)11-8-20/h3-8,10-11H,2,9,12-17H2,1H3. The van der Waals surface area contributed by atoms with Crippen LogP contribution in [0, 0.1) is 12.7 Å². The molecule has 0 spiro atoms. The summed E-state index contributed by atoms with van der Waals surface area (Å²) in [6.45, 7) is 6.32. The minimum absolute atomic E-state index is 0.199. The Morgan fingerprint density at radius 1 is 0.923 bits per heavy atom. The summed E-state index contributed by atoms with van der Waals surface area (Å²) in [5.74, 6) is 0.0455. The van der Waals surface area contributed by atoms with Crippen LogP contribution in [0.5, 0.6) is 0 Å². The van der Waals surface area contributed by atoms with Crippen LogP contribution in [-0.2, 0) is 17.8 Å². The molecule has 2 aromatic rings. The van der Waals surface area contributed by atoms with Gasteiger partial charge in [0.05, 0.1) is 0 Å². The average Bonchev–Trinajstić information content (AvgIpc) is 2.88. The number of hydrogen-bond donors (Lipinski definition) is 0. The fourth-order valence-corrected chi connectivity index (χ4v) is 3.39. The summed E-state index contributed by atoms with van der Waals surface area (Å²) in [5.41, 5.74) is 3.58. The Kier molecular flexibility index (Phi) is 6.40. The molecule has 0 unspecified atom stereocenters. The van der Waals surface area contributed by atoms with Gasteiger partial charge in [-0.3, -0.25) is 9.69 Å². The molecule has 1 aliphatic heterocycles. The lowest BCUT2D eigenvalue weighted by atomic mass is 10.1. The predicted octanol–water partition coefficient (Wildman–Crippen LogP) is 3.80. The summed E-state index contributed by atoms with van der Waals surface area (Å²) in [6.07, 6.45) is 2.35. The zero-order valence-electron chi connectivity index (χ0n) is 15.5. The van der Waals surface area contributed by atoms with Crippen LogP contribution in [0.3, 0.4) is 0 Å². The number of hydrogen-bond acceptors (Lipinski definition) is 2. The summed E-state index contributed by atoms with van der Waals surface area (Å²) in [5, 5.41) is 0. The van der Waals surface area contributed by atoms with Crippen LogP contribution >= 0.6 is 0 Å². The number of aryl methyl sites for hydroxylation is 2. The summed E-state index contributed by atoms with van der Waals surface area (Å²) in [6, 6.07) is 15.1. The number of carbonyl (C=O) groups is 1. The first-order chi connectivity index (χ1) is 12.6. The maximum atomic E-state index is 13.0. The molecule has 3 nitrogen and oxygen atoms in total. The molecule has 1 fully saturated rings. The smallest absolute Gasteiger partial charge is 0.222 e. The van der Waals surface area contributed by atoms with Gasteiger partial charge in [-0.1, -0.05) is 42.0 Å². The van der Waals surface area contributed by atoms with Gasteiger partial charge in [-0.25, -0.2) is 4.39 Å². The van der Waals surface area contributed by atoms with E-state index in [9.17, 15) is 9.18 Å². The zero-order chi connectivity index (χ0) is 18.4. The number of nitrogens with zero attached hydrogens (tertiary/aromatic N) is 2. The molecular weight excluding hydrogens is 327 g/mol. The maximum Gasteiger partial charge on any atom is 0.222 e. The molecule has 1 heterocycles. The van der Waals surface area contributed by atoms with E-state index in [-0.39, 0.29) is 11.7 Å². The Balaban J connectivity index is 1.47. The van der Waals surface area contributed by atoms with Crippen LogP contribution in [0.25, 0.3) is 0 Å². The fraction of sp³-hybridized carbons (Fsp3) is 0.409. The largest absolute Gasteiger partial charge is 0.341 e. The van der Waals surface area contributed by atoms with E-state index in [1.54, 1.807) is 0 Å². The lowest BCUT2D eigenvalue weighted by Crippen LogP contribution is -2.35. The van der Waals surface area contributed by atoms with Crippen molar-refractivity contribution in [1.82, 2.24) is 9.80 Å². The molecule has 26 heavy (non-hydrogen) atoms. The number of rotatable bonds is 5. The Hall–Kier alpha value is -2.20. The van der Waals surface area contributed by atoms with Crippen molar-refractivity contribution >= 4 is 5.91 Å². The summed E-state index contributed by atoms with van der Waals surface area (Å²) < 4.78 is 13.0. The monoisotopic (exact) mass is 354 g/mol. The van der Waals surface area contributed by atoms with Gasteiger partial charge in [0.15, 0.2) is 0 Å². The van der Waals surface area contributed by atoms with Gasteiger partial charge in [0.25, 0.3) is 0 Å². The fourth-order valence-electron chi connectivity index (χ4n) is 3.39. The number of halogens is 1. The van der Waals surface area contributed by atoms with Gasteiger partial charge in [0, 0.05) is 39.1 Å². The van der Waals surface area contributed by atoms with Crippen molar-refractivity contribution in [1.29, 1.82) is 0 Å². The van der Waals surface area contributed by atoms with Crippen LogP contribution in [-0.4, -0.2) is 41.9 Å². The van der Waals surface area contributed by atoms with Crippen molar-refractivity contribution in [3.8, 4) is 0 Å². The first kappa shape index (κ1) is 18.6. The van der Waals surface area contributed by atoms with Gasteiger partial charge >= 0.3 is 0 Å². The van der Waals surface area contributed by atoms with Crippen LogP contribution in [0.15, 0.2) is 48.5 Å². The van der Waals surface area contributed by atoms with Gasteiger partial charge in [0.1, 0.15) is 5.82 Å². The van der Waals surface area contributed by atoms with E-state index in [4.69, 9.17) is 0 Å². The second-order valence-electron chi connectivity index (χ2n) is 7.12. The van der Waals surface area contributed by atoms with E-state index >= 15 is 0 Å². The normalized spacial score (nSPS) is 15.7. The minimum Gasteiger partial charge on any atom is -0.341 e. The third kappa shape index (κ3) is 5.40. The van der Waals surface area contributed by atoms with Crippen molar-refractivity contribution in [3.63, 3.8) is 0 Å². The molecule has 1 aliphatic rings. The van der Waals surface area contributed by atoms with E-state index < -0.39 is 0 Å². The topological polar surface area (TPSA) is 23.6 Å². The molecule has 0 N–H and O–H groups in total. The lowest BCUT2D eigenvalue weighted by Gasteiger charge is -2.22. The molecule has 1 saturated heterocycles. The van der Waals surface area contributed by atoms with Gasteiger partial charge in [-0.2, -0.15) is 0 Å². The van der Waals surface area contributed by atoms with Crippen molar-refractivity contribution in [2.75, 3.05) is 26.2 Å². The van der Waals surface area contributed by atoms with E-state index in [2.05, 4.69) is 36.1 Å². The first-order valence-electron chi connectivity index (χ1n) is 9.40. The molecule has 1 amide bonds. The first-order valence-corrected chi connectivity index (χ1v) is 9.40. The quantitative estimate of drug-likeness (QED) is 0.815. The van der Waals surface area contributed by atoms with Crippen LogP contribution in [0.1, 0.15) is 29.5 Å². The van der Waals surface area contributed by atoms with E-state index in [0.29, 0.717) is 6.42 Å². The molecule has 4 heteroatoms. The van der Waals surface area contributed by atoms with Crippen molar-refractivity contribution in [2.24, 2.45) is 0 Å². The van der Waals surface area contributed by atoms with Crippen molar-refractivity contribution in [3.05, 3.63) is 71.0 Å². The number of carbonyl (C=O) groups excluding carboxylic acids is 1. The molecule has 138 valence electrons. The molecule has 0 aliphatic carbocycles. The molecule has 2 aromatic carbocycles. The highest BCUT2D eigenvalue weighted by molar-refractivity contribution is 5.76. The van der Waals surface area contributed by atoms with Gasteiger partial charge in [-0.15, -0.1) is 0 Å². The second kappa shape index (κ2) is 8.95. The van der Waals surface area contributed by atoms with Crippen molar-refractivity contribution in [2.45, 2.75) is 32.7 Å². The third-order valence-corrected chi connectivity index (χ3v) is 5.01. The zero-order valence-corrected chi connectivity index (χ0v) is 15.5. The summed E-state index contributed by atoms with van der Waals surface area (Å²) in [4.78, 5) is 16.9. The van der Waals surface area contributed by atoms with Gasteiger partial charge in [0.2, 0.25) is 5.91 Å². The molecular formula is C22H27FN2O. The van der Waals surface area contributed by atoms with Crippen LogP contribution < -0.4 is 0 Å². The highest BCUT2D eigenvalue weighted by Crippen LogP contribution is 2.12. The SMILES string of the molecule is Cc1ccc(CCC(=O)N2CCCN(Cc3ccc(F)cc3)CC2)cc1. The highest BCUT2D eigenvalue weighted by Gasteiger charge is 2.19. The van der Waals surface area contributed by atoms with Crippen molar-refractivity contribution < 1.29 is 9.18 Å². The molecule has 3 rings (SSSR count). The van der Waals surface area contributed by atoms with E-state index in [1.165, 1.54) is 23.3 Å². The highest BCUT2D eigenvalue weighted by atomic mass is 19.1. The van der Waals surface area contributed by atoms with Gasteiger partial charge < -0.3 is 4.90 Å². The Morgan fingerprint density at radius 2 is 1.62 bits per heavy atom. The van der Waals surface area contributed by atoms with Crippen LogP contribution in [0.2, 0.25) is 0 Å². The number of amides is 1. The lowest BCUT2D eigenvalue weighted by molar-refractivity contribution is -0.131. The molecule has 0 radical (unpaired) electrons. The second-order valence-corrected chi connectivity index (χ2v) is 7.12. The summed E-state index contributed by atoms with van der Waals surface area (Å²) in [7, 11) is 0. The van der Waals surface area contributed by atoms with Gasteiger partial charge in [-0.05, 0) is 43.0 Å². The Bertz CT molecular complexity index is 712.